The Hall–Kier alpha value is -1.06. The second-order valence-corrected chi connectivity index (χ2v) is 7.69. The van der Waals surface area contributed by atoms with Crippen molar-refractivity contribution in [3.63, 3.8) is 0 Å². The topological polar surface area (TPSA) is 52.6 Å². The Morgan fingerprint density at radius 2 is 2.05 bits per heavy atom. The quantitative estimate of drug-likeness (QED) is 0.727. The van der Waals surface area contributed by atoms with Gasteiger partial charge in [0.15, 0.2) is 0 Å². The van der Waals surface area contributed by atoms with E-state index < -0.39 is 17.5 Å². The normalized spacial score (nSPS) is 31.9. The zero-order chi connectivity index (χ0) is 15.2. The first kappa shape index (κ1) is 15.3. The van der Waals surface area contributed by atoms with Crippen molar-refractivity contribution in [1.29, 1.82) is 0 Å². The molecule has 1 saturated carbocycles. The molecule has 114 valence electrons. The van der Waals surface area contributed by atoms with Gasteiger partial charge in [-0.05, 0) is 23.7 Å². The van der Waals surface area contributed by atoms with Crippen LogP contribution in [0.4, 0.5) is 0 Å². The van der Waals surface area contributed by atoms with Crippen LogP contribution in [0.3, 0.4) is 0 Å². The molecule has 0 spiro atoms. The molecule has 2 atom stereocenters. The van der Waals surface area contributed by atoms with Gasteiger partial charge in [-0.1, -0.05) is 41.0 Å². The predicted octanol–water partition coefficient (Wildman–Crippen LogP) is 3.09. The highest BCUT2D eigenvalue weighted by Crippen LogP contribution is 2.68. The van der Waals surface area contributed by atoms with Gasteiger partial charge in [-0.2, -0.15) is 0 Å². The first-order valence-corrected chi connectivity index (χ1v) is 7.51. The molecule has 1 heterocycles. The molecule has 0 radical (unpaired) electrons. The SMILES string of the molecule is CCC(C)(C)CC1(C(=O)OC2CCOC2=O)CC1(C)C. The summed E-state index contributed by atoms with van der Waals surface area (Å²) < 4.78 is 10.3. The minimum absolute atomic E-state index is 0.0426. The summed E-state index contributed by atoms with van der Waals surface area (Å²) in [6.45, 7) is 11.1. The summed E-state index contributed by atoms with van der Waals surface area (Å²) in [7, 11) is 0. The molecule has 20 heavy (non-hydrogen) atoms. The predicted molar refractivity (Wildman–Crippen MR) is 75.0 cm³/mol. The Balaban J connectivity index is 2.10. The van der Waals surface area contributed by atoms with Crippen molar-refractivity contribution in [1.82, 2.24) is 0 Å². The molecule has 1 aliphatic heterocycles. The van der Waals surface area contributed by atoms with E-state index in [1.807, 2.05) is 0 Å². The summed E-state index contributed by atoms with van der Waals surface area (Å²) in [5.41, 5.74) is -0.378. The molecule has 0 N–H and O–H groups in total. The number of hydrogen-bond acceptors (Lipinski definition) is 4. The van der Waals surface area contributed by atoms with Gasteiger partial charge >= 0.3 is 11.9 Å². The average molecular weight is 282 g/mol. The van der Waals surface area contributed by atoms with Crippen molar-refractivity contribution in [3.05, 3.63) is 0 Å². The van der Waals surface area contributed by atoms with Gasteiger partial charge in [-0.3, -0.25) is 4.79 Å². The summed E-state index contributed by atoms with van der Waals surface area (Å²) in [5, 5.41) is 0. The Morgan fingerprint density at radius 3 is 2.45 bits per heavy atom. The van der Waals surface area contributed by atoms with E-state index in [-0.39, 0.29) is 16.8 Å². The molecule has 0 aromatic rings. The molecule has 2 aliphatic rings. The molecule has 0 bridgehead atoms. The molecule has 4 nitrogen and oxygen atoms in total. The third kappa shape index (κ3) is 2.57. The van der Waals surface area contributed by atoms with Crippen LogP contribution < -0.4 is 0 Å². The number of carbonyl (C=O) groups excluding carboxylic acids is 2. The van der Waals surface area contributed by atoms with Crippen LogP contribution in [0.1, 0.15) is 60.3 Å². The van der Waals surface area contributed by atoms with E-state index in [0.29, 0.717) is 13.0 Å². The van der Waals surface area contributed by atoms with Crippen molar-refractivity contribution in [2.75, 3.05) is 6.61 Å². The van der Waals surface area contributed by atoms with Gasteiger partial charge in [0, 0.05) is 6.42 Å². The standard InChI is InChI=1S/C16H26O4/c1-6-14(2,3)9-16(10-15(16,4)5)13(18)20-11-7-8-19-12(11)17/h11H,6-10H2,1-5H3. The second kappa shape index (κ2) is 4.74. The molecule has 1 aliphatic carbocycles. The highest BCUT2D eigenvalue weighted by atomic mass is 16.6. The molecule has 2 fully saturated rings. The number of ether oxygens (including phenoxy) is 2. The van der Waals surface area contributed by atoms with Gasteiger partial charge in [0.25, 0.3) is 0 Å². The number of rotatable bonds is 5. The van der Waals surface area contributed by atoms with Crippen molar-refractivity contribution in [3.8, 4) is 0 Å². The lowest BCUT2D eigenvalue weighted by molar-refractivity contribution is -0.166. The van der Waals surface area contributed by atoms with Crippen LogP contribution in [0.5, 0.6) is 0 Å². The Labute approximate surface area is 121 Å². The van der Waals surface area contributed by atoms with Crippen LogP contribution in [0.25, 0.3) is 0 Å². The van der Waals surface area contributed by atoms with Crippen LogP contribution in [0, 0.1) is 16.2 Å². The maximum absolute atomic E-state index is 12.6. The molecular formula is C16H26O4. The summed E-state index contributed by atoms with van der Waals surface area (Å²) in [5.74, 6) is -0.616. The van der Waals surface area contributed by atoms with Gasteiger partial charge in [0.05, 0.1) is 12.0 Å². The molecule has 0 amide bonds. The number of hydrogen-bond donors (Lipinski definition) is 0. The van der Waals surface area contributed by atoms with E-state index in [1.54, 1.807) is 0 Å². The van der Waals surface area contributed by atoms with Crippen molar-refractivity contribution in [2.45, 2.75) is 66.4 Å². The number of esters is 2. The maximum Gasteiger partial charge on any atom is 0.347 e. The first-order valence-electron chi connectivity index (χ1n) is 7.51. The Morgan fingerprint density at radius 1 is 1.45 bits per heavy atom. The molecule has 2 unspecified atom stereocenters. The molecule has 4 heteroatoms. The Bertz CT molecular complexity index is 424. The zero-order valence-corrected chi connectivity index (χ0v) is 13.2. The van der Waals surface area contributed by atoms with Crippen LogP contribution in [-0.2, 0) is 19.1 Å². The van der Waals surface area contributed by atoms with E-state index in [1.165, 1.54) is 0 Å². The number of carbonyl (C=O) groups is 2. The fourth-order valence-corrected chi connectivity index (χ4v) is 3.20. The largest absolute Gasteiger partial charge is 0.463 e. The summed E-state index contributed by atoms with van der Waals surface area (Å²) in [4.78, 5) is 24.1. The molecule has 0 aromatic carbocycles. The van der Waals surface area contributed by atoms with Crippen LogP contribution >= 0.6 is 0 Å². The van der Waals surface area contributed by atoms with E-state index in [2.05, 4.69) is 34.6 Å². The van der Waals surface area contributed by atoms with Crippen LogP contribution in [0.2, 0.25) is 0 Å². The van der Waals surface area contributed by atoms with E-state index in [9.17, 15) is 9.59 Å². The monoisotopic (exact) mass is 282 g/mol. The van der Waals surface area contributed by atoms with Gasteiger partial charge < -0.3 is 9.47 Å². The highest BCUT2D eigenvalue weighted by Gasteiger charge is 2.68. The van der Waals surface area contributed by atoms with Crippen molar-refractivity contribution in [2.24, 2.45) is 16.2 Å². The molecule has 1 saturated heterocycles. The van der Waals surface area contributed by atoms with E-state index >= 15 is 0 Å². The molecular weight excluding hydrogens is 256 g/mol. The second-order valence-electron chi connectivity index (χ2n) is 7.69. The highest BCUT2D eigenvalue weighted by molar-refractivity contribution is 5.86. The van der Waals surface area contributed by atoms with Gasteiger partial charge in [-0.15, -0.1) is 0 Å². The minimum atomic E-state index is -0.694. The molecule has 0 aromatic heterocycles. The minimum Gasteiger partial charge on any atom is -0.463 e. The van der Waals surface area contributed by atoms with Gasteiger partial charge in [0.2, 0.25) is 6.10 Å². The van der Waals surface area contributed by atoms with Crippen LogP contribution in [0.15, 0.2) is 0 Å². The smallest absolute Gasteiger partial charge is 0.347 e. The van der Waals surface area contributed by atoms with E-state index in [0.717, 1.165) is 19.3 Å². The Kier molecular flexibility index (Phi) is 3.64. The maximum atomic E-state index is 12.6. The third-order valence-electron chi connectivity index (χ3n) is 5.18. The van der Waals surface area contributed by atoms with Gasteiger partial charge in [0.1, 0.15) is 0 Å². The van der Waals surface area contributed by atoms with Crippen molar-refractivity contribution < 1.29 is 19.1 Å². The first-order chi connectivity index (χ1) is 9.13. The van der Waals surface area contributed by atoms with Crippen molar-refractivity contribution >= 4 is 11.9 Å². The lowest BCUT2D eigenvalue weighted by Crippen LogP contribution is -2.33. The third-order valence-corrected chi connectivity index (χ3v) is 5.18. The zero-order valence-electron chi connectivity index (χ0n) is 13.2. The lowest BCUT2D eigenvalue weighted by Gasteiger charge is -2.30. The summed E-state index contributed by atoms with van der Waals surface area (Å²) in [6, 6.07) is 0. The average Bonchev–Trinajstić information content (AvgIpc) is 2.66. The summed E-state index contributed by atoms with van der Waals surface area (Å²) >= 11 is 0. The van der Waals surface area contributed by atoms with Gasteiger partial charge in [-0.25, -0.2) is 4.79 Å². The van der Waals surface area contributed by atoms with E-state index in [4.69, 9.17) is 9.47 Å². The van der Waals surface area contributed by atoms with Crippen LogP contribution in [-0.4, -0.2) is 24.6 Å². The fraction of sp³-hybridized carbons (Fsp3) is 0.875. The lowest BCUT2D eigenvalue weighted by atomic mass is 9.76. The summed E-state index contributed by atoms with van der Waals surface area (Å²) in [6.07, 6.45) is 2.45. The number of cyclic esters (lactones) is 1. The molecule has 2 rings (SSSR count). The fourth-order valence-electron chi connectivity index (χ4n) is 3.20.